The van der Waals surface area contributed by atoms with Gasteiger partial charge in [0, 0.05) is 12.8 Å². The van der Waals surface area contributed by atoms with E-state index in [1.165, 1.54) is 0 Å². The van der Waals surface area contributed by atoms with Crippen molar-refractivity contribution in [2.75, 3.05) is 13.1 Å². The fourth-order valence-electron chi connectivity index (χ4n) is 1.94. The second kappa shape index (κ2) is 2.41. The number of nitrogens with one attached hydrogen (secondary N) is 1. The molecule has 1 aliphatic carbocycles. The van der Waals surface area contributed by atoms with Crippen molar-refractivity contribution in [3.05, 3.63) is 0 Å². The third kappa shape index (κ3) is 1.53. The van der Waals surface area contributed by atoms with E-state index < -0.39 is 5.92 Å². The van der Waals surface area contributed by atoms with Crippen molar-refractivity contribution in [3.63, 3.8) is 0 Å². The first-order valence-electron chi connectivity index (χ1n) is 4.24. The van der Waals surface area contributed by atoms with E-state index in [1.54, 1.807) is 0 Å². The van der Waals surface area contributed by atoms with Gasteiger partial charge in [-0.3, -0.25) is 0 Å². The predicted octanol–water partition coefficient (Wildman–Crippen LogP) is 1.64. The molecule has 11 heavy (non-hydrogen) atoms. The molecule has 1 aliphatic heterocycles. The van der Waals surface area contributed by atoms with Gasteiger partial charge in [-0.15, -0.1) is 0 Å². The van der Waals surface area contributed by atoms with Gasteiger partial charge >= 0.3 is 0 Å². The van der Waals surface area contributed by atoms with Gasteiger partial charge in [0.1, 0.15) is 0 Å². The van der Waals surface area contributed by atoms with Gasteiger partial charge in [0.05, 0.1) is 0 Å². The summed E-state index contributed by atoms with van der Waals surface area (Å²) >= 11 is 0. The molecule has 0 atom stereocenters. The van der Waals surface area contributed by atoms with Crippen LogP contribution in [0.25, 0.3) is 0 Å². The molecule has 1 saturated heterocycles. The van der Waals surface area contributed by atoms with Gasteiger partial charge in [-0.2, -0.15) is 0 Å². The van der Waals surface area contributed by atoms with Crippen LogP contribution in [0.3, 0.4) is 0 Å². The van der Waals surface area contributed by atoms with Crippen LogP contribution in [0.4, 0.5) is 8.78 Å². The highest BCUT2D eigenvalue weighted by atomic mass is 19.3. The highest BCUT2D eigenvalue weighted by molar-refractivity contribution is 4.89. The largest absolute Gasteiger partial charge is 0.316 e. The van der Waals surface area contributed by atoms with Gasteiger partial charge < -0.3 is 5.32 Å². The van der Waals surface area contributed by atoms with E-state index in [-0.39, 0.29) is 12.8 Å². The molecule has 0 radical (unpaired) electrons. The summed E-state index contributed by atoms with van der Waals surface area (Å²) in [6, 6.07) is 0. The summed E-state index contributed by atoms with van der Waals surface area (Å²) in [6.45, 7) is 2.09. The van der Waals surface area contributed by atoms with Crippen molar-refractivity contribution in [1.29, 1.82) is 0 Å². The average Bonchev–Trinajstić information content (AvgIpc) is 1.73. The van der Waals surface area contributed by atoms with E-state index in [4.69, 9.17) is 0 Å². The molecule has 3 heteroatoms. The van der Waals surface area contributed by atoms with Crippen LogP contribution in [0.2, 0.25) is 0 Å². The quantitative estimate of drug-likeness (QED) is 0.649. The second-order valence-electron chi connectivity index (χ2n) is 3.89. The number of hydrogen-bond acceptors (Lipinski definition) is 1. The third-order valence-corrected chi connectivity index (χ3v) is 2.71. The van der Waals surface area contributed by atoms with E-state index in [0.29, 0.717) is 11.8 Å². The van der Waals surface area contributed by atoms with Crippen LogP contribution in [0, 0.1) is 11.8 Å². The summed E-state index contributed by atoms with van der Waals surface area (Å²) in [5.74, 6) is -1.31. The van der Waals surface area contributed by atoms with Gasteiger partial charge in [-0.1, -0.05) is 0 Å². The second-order valence-corrected chi connectivity index (χ2v) is 3.89. The Morgan fingerprint density at radius 1 is 1.18 bits per heavy atom. The monoisotopic (exact) mass is 161 g/mol. The van der Waals surface area contributed by atoms with Gasteiger partial charge in [-0.25, -0.2) is 8.78 Å². The maximum atomic E-state index is 12.3. The average molecular weight is 161 g/mol. The lowest BCUT2D eigenvalue weighted by molar-refractivity contribution is -0.116. The van der Waals surface area contributed by atoms with Crippen LogP contribution >= 0.6 is 0 Å². The Kier molecular flexibility index (Phi) is 1.63. The third-order valence-electron chi connectivity index (χ3n) is 2.71. The van der Waals surface area contributed by atoms with E-state index in [2.05, 4.69) is 5.32 Å². The molecule has 0 unspecified atom stereocenters. The normalized spacial score (nSPS) is 31.1. The van der Waals surface area contributed by atoms with Crippen LogP contribution < -0.4 is 5.32 Å². The molecule has 1 nitrogen and oxygen atoms in total. The van der Waals surface area contributed by atoms with Crippen molar-refractivity contribution in [2.45, 2.75) is 25.2 Å². The predicted molar refractivity (Wildman–Crippen MR) is 38.6 cm³/mol. The van der Waals surface area contributed by atoms with Gasteiger partial charge in [-0.05, 0) is 31.3 Å². The molecular weight excluding hydrogens is 148 g/mol. The zero-order valence-corrected chi connectivity index (χ0v) is 6.45. The van der Waals surface area contributed by atoms with Crippen LogP contribution in [-0.2, 0) is 0 Å². The lowest BCUT2D eigenvalue weighted by Gasteiger charge is -2.39. The van der Waals surface area contributed by atoms with Crippen LogP contribution in [-0.4, -0.2) is 19.0 Å². The van der Waals surface area contributed by atoms with Crippen LogP contribution in [0.15, 0.2) is 0 Å². The number of rotatable bonds is 2. The first kappa shape index (κ1) is 7.47. The molecule has 1 N–H and O–H groups in total. The highest BCUT2D eigenvalue weighted by Gasteiger charge is 2.45. The van der Waals surface area contributed by atoms with Crippen molar-refractivity contribution in [1.82, 2.24) is 5.32 Å². The topological polar surface area (TPSA) is 12.0 Å². The molecule has 2 rings (SSSR count). The fourth-order valence-corrected chi connectivity index (χ4v) is 1.94. The Bertz CT molecular complexity index is 146. The smallest absolute Gasteiger partial charge is 0.248 e. The Morgan fingerprint density at radius 3 is 2.18 bits per heavy atom. The Labute approximate surface area is 65.2 Å². The number of hydrogen-bond donors (Lipinski definition) is 1. The molecule has 0 aromatic heterocycles. The fraction of sp³-hybridized carbons (Fsp3) is 1.00. The summed E-state index contributed by atoms with van der Waals surface area (Å²) in [5.41, 5.74) is 0. The summed E-state index contributed by atoms with van der Waals surface area (Å²) < 4.78 is 24.7. The maximum absolute atomic E-state index is 12.3. The minimum atomic E-state index is -2.32. The lowest BCUT2D eigenvalue weighted by Crippen LogP contribution is -2.46. The van der Waals surface area contributed by atoms with E-state index in [1.807, 2.05) is 0 Å². The summed E-state index contributed by atoms with van der Waals surface area (Å²) in [7, 11) is 0. The number of alkyl halides is 2. The molecular formula is C8H13F2N. The molecule has 0 aromatic rings. The summed E-state index contributed by atoms with van der Waals surface area (Å²) in [4.78, 5) is 0. The molecule has 2 aliphatic rings. The van der Waals surface area contributed by atoms with Crippen molar-refractivity contribution in [3.8, 4) is 0 Å². The van der Waals surface area contributed by atoms with Crippen molar-refractivity contribution < 1.29 is 8.78 Å². The molecule has 64 valence electrons. The highest BCUT2D eigenvalue weighted by Crippen LogP contribution is 2.45. The maximum Gasteiger partial charge on any atom is 0.248 e. The minimum absolute atomic E-state index is 0.142. The van der Waals surface area contributed by atoms with Crippen LogP contribution in [0.1, 0.15) is 19.3 Å². The van der Waals surface area contributed by atoms with E-state index in [9.17, 15) is 8.78 Å². The first-order valence-corrected chi connectivity index (χ1v) is 4.24. The molecule has 0 spiro atoms. The molecule has 2 fully saturated rings. The SMILES string of the molecule is FC1(F)CC(CC2CNC2)C1. The first-order chi connectivity index (χ1) is 5.16. The summed E-state index contributed by atoms with van der Waals surface area (Å²) in [5, 5.41) is 3.15. The Morgan fingerprint density at radius 2 is 1.82 bits per heavy atom. The standard InChI is InChI=1S/C8H13F2N/c9-8(10)2-6(3-8)1-7-4-11-5-7/h6-7,11H,1-5H2. The molecule has 1 saturated carbocycles. The molecule has 0 amide bonds. The van der Waals surface area contributed by atoms with Crippen LogP contribution in [0.5, 0.6) is 0 Å². The van der Waals surface area contributed by atoms with Crippen molar-refractivity contribution >= 4 is 0 Å². The van der Waals surface area contributed by atoms with Crippen molar-refractivity contribution in [2.24, 2.45) is 11.8 Å². The zero-order valence-electron chi connectivity index (χ0n) is 6.45. The van der Waals surface area contributed by atoms with E-state index >= 15 is 0 Å². The summed E-state index contributed by atoms with van der Waals surface area (Å²) in [6.07, 6.45) is 1.30. The lowest BCUT2D eigenvalue weighted by atomic mass is 9.75. The Balaban J connectivity index is 1.67. The molecule has 1 heterocycles. The Hall–Kier alpha value is -0.180. The number of halogens is 2. The molecule has 0 bridgehead atoms. The zero-order chi connectivity index (χ0) is 7.90. The minimum Gasteiger partial charge on any atom is -0.316 e. The van der Waals surface area contributed by atoms with Gasteiger partial charge in [0.25, 0.3) is 0 Å². The molecule has 0 aromatic carbocycles. The van der Waals surface area contributed by atoms with Gasteiger partial charge in [0.15, 0.2) is 0 Å². The van der Waals surface area contributed by atoms with Gasteiger partial charge in [0.2, 0.25) is 5.92 Å². The van der Waals surface area contributed by atoms with E-state index in [0.717, 1.165) is 19.5 Å².